The molecule has 0 heterocycles. The van der Waals surface area contributed by atoms with Crippen LogP contribution >= 0.6 is 11.8 Å². The molecular formula is C23H28O4S. The molecule has 0 bridgehead atoms. The van der Waals surface area contributed by atoms with Crippen molar-refractivity contribution in [3.8, 4) is 5.75 Å². The largest absolute Gasteiger partial charge is 0.478 e. The van der Waals surface area contributed by atoms with Gasteiger partial charge in [-0.3, -0.25) is 4.79 Å². The minimum atomic E-state index is -1.31. The van der Waals surface area contributed by atoms with Crippen LogP contribution < -0.4 is 4.74 Å². The van der Waals surface area contributed by atoms with Crippen LogP contribution in [0.25, 0.3) is 6.08 Å². The van der Waals surface area contributed by atoms with Crippen molar-refractivity contribution in [2.75, 3.05) is 6.26 Å². The van der Waals surface area contributed by atoms with Gasteiger partial charge in [-0.2, -0.15) is 11.8 Å². The number of rotatable bonds is 7. The van der Waals surface area contributed by atoms with Gasteiger partial charge in [0.1, 0.15) is 5.75 Å². The standard InChI is InChI=1S/C23H28O4S/c1-15-13-17(14-16(2)20(15)27-22(3,4)21(25)26)7-8-19(24)18-9-11-23(5,28-6)12-10-18/h7-11,13-14H,12H2,1-6H3,(H,25,26)/b8-7+. The maximum atomic E-state index is 12.5. The summed E-state index contributed by atoms with van der Waals surface area (Å²) in [5, 5.41) is 9.27. The van der Waals surface area contributed by atoms with E-state index in [0.29, 0.717) is 11.3 Å². The fourth-order valence-electron chi connectivity index (χ4n) is 2.86. The average molecular weight is 401 g/mol. The Labute approximate surface area is 171 Å². The smallest absolute Gasteiger partial charge is 0.347 e. The maximum Gasteiger partial charge on any atom is 0.347 e. The van der Waals surface area contributed by atoms with E-state index < -0.39 is 11.6 Å². The zero-order chi connectivity index (χ0) is 21.1. The Hall–Kier alpha value is -2.27. The first kappa shape index (κ1) is 22.0. The first-order valence-electron chi connectivity index (χ1n) is 9.18. The molecule has 5 heteroatoms. The highest BCUT2D eigenvalue weighted by atomic mass is 32.2. The van der Waals surface area contributed by atoms with E-state index in [9.17, 15) is 14.7 Å². The molecule has 0 aliphatic heterocycles. The minimum Gasteiger partial charge on any atom is -0.478 e. The molecule has 2 rings (SSSR count). The molecule has 0 radical (unpaired) electrons. The Morgan fingerprint density at radius 3 is 2.32 bits per heavy atom. The highest BCUT2D eigenvalue weighted by Crippen LogP contribution is 2.33. The monoisotopic (exact) mass is 400 g/mol. The van der Waals surface area contributed by atoms with Gasteiger partial charge >= 0.3 is 5.97 Å². The molecule has 0 spiro atoms. The molecule has 1 aliphatic rings. The summed E-state index contributed by atoms with van der Waals surface area (Å²) in [5.74, 6) is -0.487. The number of hydrogen-bond acceptors (Lipinski definition) is 4. The molecule has 1 aromatic carbocycles. The Bertz CT molecular complexity index is 854. The highest BCUT2D eigenvalue weighted by molar-refractivity contribution is 8.00. The summed E-state index contributed by atoms with van der Waals surface area (Å²) in [6.45, 7) is 8.94. The van der Waals surface area contributed by atoms with Gasteiger partial charge in [0.05, 0.1) is 0 Å². The summed E-state index contributed by atoms with van der Waals surface area (Å²) in [6, 6.07) is 3.78. The lowest BCUT2D eigenvalue weighted by Crippen LogP contribution is -2.38. The number of thioether (sulfide) groups is 1. The summed E-state index contributed by atoms with van der Waals surface area (Å²) in [4.78, 5) is 23.8. The van der Waals surface area contributed by atoms with Gasteiger partial charge in [-0.25, -0.2) is 4.79 Å². The van der Waals surface area contributed by atoms with Crippen LogP contribution in [0.15, 0.2) is 42.0 Å². The van der Waals surface area contributed by atoms with Crippen LogP contribution in [0.5, 0.6) is 5.75 Å². The number of benzene rings is 1. The van der Waals surface area contributed by atoms with Gasteiger partial charge < -0.3 is 9.84 Å². The molecule has 0 saturated heterocycles. The predicted octanol–water partition coefficient (Wildman–Crippen LogP) is 5.14. The number of carbonyl (C=O) groups is 2. The normalized spacial score (nSPS) is 19.6. The summed E-state index contributed by atoms with van der Waals surface area (Å²) in [6.07, 6.45) is 12.2. The quantitative estimate of drug-likeness (QED) is 0.643. The molecule has 1 atom stereocenters. The van der Waals surface area contributed by atoms with Gasteiger partial charge in [0.25, 0.3) is 0 Å². The van der Waals surface area contributed by atoms with Crippen LogP contribution in [0.2, 0.25) is 0 Å². The second kappa shape index (κ2) is 8.39. The lowest BCUT2D eigenvalue weighted by Gasteiger charge is -2.25. The fraction of sp³-hybridized carbons (Fsp3) is 0.391. The first-order chi connectivity index (χ1) is 13.0. The minimum absolute atomic E-state index is 0.0259. The number of hydrogen-bond donors (Lipinski definition) is 1. The van der Waals surface area contributed by atoms with Crippen molar-refractivity contribution in [1.82, 2.24) is 0 Å². The van der Waals surface area contributed by atoms with Crippen LogP contribution in [0.1, 0.15) is 43.9 Å². The molecule has 0 saturated carbocycles. The van der Waals surface area contributed by atoms with Gasteiger partial charge in [-0.1, -0.05) is 24.3 Å². The van der Waals surface area contributed by atoms with Crippen LogP contribution in [0.3, 0.4) is 0 Å². The second-order valence-corrected chi connectivity index (χ2v) is 9.15. The molecule has 1 aliphatic carbocycles. The number of ketones is 1. The third-order valence-corrected chi connectivity index (χ3v) is 6.11. The van der Waals surface area contributed by atoms with Crippen molar-refractivity contribution < 1.29 is 19.4 Å². The molecule has 0 amide bonds. The lowest BCUT2D eigenvalue weighted by atomic mass is 9.95. The van der Waals surface area contributed by atoms with E-state index in [1.54, 1.807) is 23.9 Å². The van der Waals surface area contributed by atoms with Crippen molar-refractivity contribution in [2.24, 2.45) is 0 Å². The number of carbonyl (C=O) groups excluding carboxylic acids is 1. The maximum absolute atomic E-state index is 12.5. The van der Waals surface area contributed by atoms with Gasteiger partial charge in [0.2, 0.25) is 0 Å². The summed E-state index contributed by atoms with van der Waals surface area (Å²) < 4.78 is 5.78. The van der Waals surface area contributed by atoms with Crippen molar-refractivity contribution in [3.63, 3.8) is 0 Å². The number of ether oxygens (including phenoxy) is 1. The fourth-order valence-corrected chi connectivity index (χ4v) is 3.31. The summed E-state index contributed by atoms with van der Waals surface area (Å²) in [7, 11) is 0. The summed E-state index contributed by atoms with van der Waals surface area (Å²) in [5.41, 5.74) is 1.92. The molecule has 0 fully saturated rings. The van der Waals surface area contributed by atoms with E-state index in [1.807, 2.05) is 38.1 Å². The van der Waals surface area contributed by atoms with Gasteiger partial charge in [-0.15, -0.1) is 0 Å². The van der Waals surface area contributed by atoms with Gasteiger partial charge in [0.15, 0.2) is 11.4 Å². The van der Waals surface area contributed by atoms with Crippen LogP contribution in [-0.4, -0.2) is 33.5 Å². The van der Waals surface area contributed by atoms with E-state index in [0.717, 1.165) is 23.1 Å². The van der Waals surface area contributed by atoms with Crippen LogP contribution in [0, 0.1) is 13.8 Å². The Morgan fingerprint density at radius 2 is 1.86 bits per heavy atom. The van der Waals surface area contributed by atoms with Gasteiger partial charge in [-0.05, 0) is 82.2 Å². The second-order valence-electron chi connectivity index (χ2n) is 7.81. The third-order valence-electron chi connectivity index (χ3n) is 4.88. The molecule has 1 N–H and O–H groups in total. The number of allylic oxidation sites excluding steroid dienone is 4. The molecule has 0 aromatic heterocycles. The topological polar surface area (TPSA) is 63.6 Å². The Kier molecular flexibility index (Phi) is 6.60. The van der Waals surface area contributed by atoms with Crippen molar-refractivity contribution >= 4 is 29.6 Å². The van der Waals surface area contributed by atoms with Crippen LogP contribution in [-0.2, 0) is 9.59 Å². The number of carboxylic acids is 1. The summed E-state index contributed by atoms with van der Waals surface area (Å²) >= 11 is 1.77. The first-order valence-corrected chi connectivity index (χ1v) is 10.4. The molecule has 1 unspecified atom stereocenters. The molecule has 4 nitrogen and oxygen atoms in total. The number of aryl methyl sites for hydroxylation is 2. The predicted molar refractivity (Wildman–Crippen MR) is 116 cm³/mol. The zero-order valence-electron chi connectivity index (χ0n) is 17.3. The molecule has 150 valence electrons. The zero-order valence-corrected chi connectivity index (χ0v) is 18.1. The van der Waals surface area contributed by atoms with E-state index in [-0.39, 0.29) is 10.5 Å². The van der Waals surface area contributed by atoms with Crippen molar-refractivity contribution in [3.05, 3.63) is 58.7 Å². The van der Waals surface area contributed by atoms with Crippen LogP contribution in [0.4, 0.5) is 0 Å². The number of carboxylic acid groups (broad SMARTS) is 1. The average Bonchev–Trinajstić information content (AvgIpc) is 2.63. The highest BCUT2D eigenvalue weighted by Gasteiger charge is 2.30. The Balaban J connectivity index is 2.16. The Morgan fingerprint density at radius 1 is 1.25 bits per heavy atom. The van der Waals surface area contributed by atoms with E-state index in [2.05, 4.69) is 19.3 Å². The lowest BCUT2D eigenvalue weighted by molar-refractivity contribution is -0.152. The SMILES string of the molecule is CSC1(C)C=CC(C(=O)/C=C/c2cc(C)c(OC(C)(C)C(=O)O)c(C)c2)=CC1. The number of aliphatic carboxylic acids is 1. The molecule has 1 aromatic rings. The van der Waals surface area contributed by atoms with Crippen molar-refractivity contribution in [1.29, 1.82) is 0 Å². The van der Waals surface area contributed by atoms with Crippen molar-refractivity contribution in [2.45, 2.75) is 51.4 Å². The van der Waals surface area contributed by atoms with E-state index >= 15 is 0 Å². The van der Waals surface area contributed by atoms with E-state index in [1.165, 1.54) is 13.8 Å². The van der Waals surface area contributed by atoms with E-state index in [4.69, 9.17) is 4.74 Å². The molecule has 28 heavy (non-hydrogen) atoms. The van der Waals surface area contributed by atoms with Gasteiger partial charge in [0, 0.05) is 10.3 Å². The molecular weight excluding hydrogens is 372 g/mol. The third kappa shape index (κ3) is 5.16.